The quantitative estimate of drug-likeness (QED) is 0.272. The minimum Gasteiger partial charge on any atom is -0.479 e. The van der Waals surface area contributed by atoms with Gasteiger partial charge in [0.25, 0.3) is 0 Å². The molecule has 0 saturated carbocycles. The van der Waals surface area contributed by atoms with Crippen LogP contribution in [0.4, 0.5) is 5.95 Å². The molecule has 0 fully saturated rings. The molecule has 5 heterocycles. The first kappa shape index (κ1) is 24.7. The van der Waals surface area contributed by atoms with E-state index in [-0.39, 0.29) is 11.2 Å². The summed E-state index contributed by atoms with van der Waals surface area (Å²) in [7, 11) is 3.06. The molecule has 0 spiro atoms. The van der Waals surface area contributed by atoms with E-state index in [1.165, 1.54) is 32.5 Å². The van der Waals surface area contributed by atoms with Gasteiger partial charge in [0.15, 0.2) is 11.5 Å². The smallest absolute Gasteiger partial charge is 0.245 e. The van der Waals surface area contributed by atoms with Crippen molar-refractivity contribution in [2.24, 2.45) is 0 Å². The SMILES string of the molecule is COc1ncnc(OC)c1-n1c(NSC(C)C(C)c2ncc(Cl)cn2)nnc1-c1cnn2ccccc12. The Balaban J connectivity index is 1.56. The maximum atomic E-state index is 5.95. The van der Waals surface area contributed by atoms with Gasteiger partial charge in [-0.3, -0.25) is 9.29 Å². The van der Waals surface area contributed by atoms with Gasteiger partial charge in [0.05, 0.1) is 36.5 Å². The Labute approximate surface area is 221 Å². The summed E-state index contributed by atoms with van der Waals surface area (Å²) in [5.74, 6) is 2.26. The van der Waals surface area contributed by atoms with Crippen molar-refractivity contribution in [3.63, 3.8) is 0 Å². The fraction of sp³-hybridized carbons (Fsp3) is 0.261. The van der Waals surface area contributed by atoms with Gasteiger partial charge < -0.3 is 9.47 Å². The summed E-state index contributed by atoms with van der Waals surface area (Å²) in [5, 5.41) is 14.0. The van der Waals surface area contributed by atoms with Crippen LogP contribution in [0, 0.1) is 0 Å². The molecule has 0 aromatic carbocycles. The third-order valence-corrected chi connectivity index (χ3v) is 7.06. The zero-order valence-electron chi connectivity index (χ0n) is 20.4. The molecule has 5 aromatic heterocycles. The topological polar surface area (TPSA) is 130 Å². The van der Waals surface area contributed by atoms with Gasteiger partial charge in [-0.2, -0.15) is 15.1 Å². The van der Waals surface area contributed by atoms with Gasteiger partial charge in [-0.25, -0.2) is 14.5 Å². The van der Waals surface area contributed by atoms with Crippen molar-refractivity contribution in [1.29, 1.82) is 0 Å². The number of nitrogens with zero attached hydrogens (tertiary/aromatic N) is 9. The highest BCUT2D eigenvalue weighted by Gasteiger charge is 2.27. The Morgan fingerprint density at radius 2 is 1.70 bits per heavy atom. The van der Waals surface area contributed by atoms with Crippen molar-refractivity contribution in [3.8, 4) is 28.8 Å². The number of anilines is 1. The predicted molar refractivity (Wildman–Crippen MR) is 140 cm³/mol. The molecule has 0 aliphatic carbocycles. The van der Waals surface area contributed by atoms with Crippen molar-refractivity contribution in [2.75, 3.05) is 18.9 Å². The number of ether oxygens (including phenoxy) is 2. The zero-order valence-corrected chi connectivity index (χ0v) is 22.0. The Bertz CT molecular complexity index is 1500. The number of halogens is 1. The van der Waals surface area contributed by atoms with Crippen molar-refractivity contribution in [1.82, 2.24) is 44.3 Å². The highest BCUT2D eigenvalue weighted by atomic mass is 35.5. The Kier molecular flexibility index (Phi) is 7.06. The molecule has 0 aliphatic heterocycles. The van der Waals surface area contributed by atoms with E-state index in [0.717, 1.165) is 11.1 Å². The lowest BCUT2D eigenvalue weighted by Gasteiger charge is -2.19. The summed E-state index contributed by atoms with van der Waals surface area (Å²) < 4.78 is 18.0. The lowest BCUT2D eigenvalue weighted by Crippen LogP contribution is -2.15. The molecule has 0 radical (unpaired) electrons. The van der Waals surface area contributed by atoms with Gasteiger partial charge in [0, 0.05) is 29.8 Å². The summed E-state index contributed by atoms with van der Waals surface area (Å²) >= 11 is 7.40. The van der Waals surface area contributed by atoms with Crippen LogP contribution in [0.2, 0.25) is 5.02 Å². The first-order valence-corrected chi connectivity index (χ1v) is 12.5. The lowest BCUT2D eigenvalue weighted by atomic mass is 10.1. The van der Waals surface area contributed by atoms with Crippen LogP contribution < -0.4 is 14.2 Å². The zero-order chi connectivity index (χ0) is 25.9. The summed E-state index contributed by atoms with van der Waals surface area (Å²) in [6, 6.07) is 5.79. The molecule has 37 heavy (non-hydrogen) atoms. The number of nitrogens with one attached hydrogen (secondary N) is 1. The van der Waals surface area contributed by atoms with Crippen LogP contribution in [0.15, 0.2) is 49.3 Å². The molecule has 0 aliphatic rings. The van der Waals surface area contributed by atoms with Gasteiger partial charge in [-0.1, -0.05) is 31.5 Å². The molecular formula is C23H23ClN10O2S. The van der Waals surface area contributed by atoms with Crippen molar-refractivity contribution < 1.29 is 9.47 Å². The summed E-state index contributed by atoms with van der Waals surface area (Å²) in [6.07, 6.45) is 8.16. The number of rotatable bonds is 9. The summed E-state index contributed by atoms with van der Waals surface area (Å²) in [4.78, 5) is 17.3. The third-order valence-electron chi connectivity index (χ3n) is 5.78. The third kappa shape index (κ3) is 4.74. The van der Waals surface area contributed by atoms with Gasteiger partial charge in [0.1, 0.15) is 12.2 Å². The second-order valence-corrected chi connectivity index (χ2v) is 9.61. The average molecular weight is 539 g/mol. The average Bonchev–Trinajstić information content (AvgIpc) is 3.55. The molecular weight excluding hydrogens is 516 g/mol. The van der Waals surface area contributed by atoms with E-state index in [9.17, 15) is 0 Å². The first-order valence-electron chi connectivity index (χ1n) is 11.2. The standard InChI is InChI=1S/C23H23ClN10O2S/c1-13(19-25-9-15(24)10-26-19)14(2)37-32-23-31-30-20(16-11-29-33-8-6-5-7-17(16)33)34(23)18-21(35-3)27-12-28-22(18)36-4/h5-14H,1-4H3,(H,31,32). The van der Waals surface area contributed by atoms with Crippen molar-refractivity contribution in [3.05, 3.63) is 60.2 Å². The van der Waals surface area contributed by atoms with Crippen LogP contribution in [0.1, 0.15) is 25.6 Å². The number of methoxy groups -OCH3 is 2. The molecule has 0 saturated heterocycles. The molecule has 5 rings (SSSR count). The maximum Gasteiger partial charge on any atom is 0.245 e. The van der Waals surface area contributed by atoms with Gasteiger partial charge in [-0.05, 0) is 24.1 Å². The second kappa shape index (κ2) is 10.6. The predicted octanol–water partition coefficient (Wildman–Crippen LogP) is 4.08. The molecule has 2 atom stereocenters. The molecule has 1 N–H and O–H groups in total. The van der Waals surface area contributed by atoms with E-state index in [1.54, 1.807) is 27.7 Å². The monoisotopic (exact) mass is 538 g/mol. The minimum atomic E-state index is 0.0226. The van der Waals surface area contributed by atoms with Crippen LogP contribution in [0.5, 0.6) is 11.8 Å². The fourth-order valence-corrected chi connectivity index (χ4v) is 4.54. The fourth-order valence-electron chi connectivity index (χ4n) is 3.70. The maximum absolute atomic E-state index is 5.95. The lowest BCUT2D eigenvalue weighted by molar-refractivity contribution is 0.368. The van der Waals surface area contributed by atoms with Crippen LogP contribution in [-0.4, -0.2) is 63.8 Å². The molecule has 190 valence electrons. The molecule has 2 unspecified atom stereocenters. The molecule has 5 aromatic rings. The molecule has 12 nitrogen and oxygen atoms in total. The first-order chi connectivity index (χ1) is 18.0. The highest BCUT2D eigenvalue weighted by molar-refractivity contribution is 8.01. The van der Waals surface area contributed by atoms with Gasteiger partial charge >= 0.3 is 0 Å². The number of fused-ring (bicyclic) bond motifs is 1. The van der Waals surface area contributed by atoms with E-state index < -0.39 is 0 Å². The van der Waals surface area contributed by atoms with Gasteiger partial charge in [-0.15, -0.1) is 10.2 Å². The highest BCUT2D eigenvalue weighted by Crippen LogP contribution is 2.37. The number of hydrogen-bond acceptors (Lipinski definition) is 11. The Hall–Kier alpha value is -3.97. The Morgan fingerprint density at radius 1 is 0.973 bits per heavy atom. The van der Waals surface area contributed by atoms with E-state index in [0.29, 0.717) is 40.1 Å². The number of hydrogen-bond donors (Lipinski definition) is 1. The Morgan fingerprint density at radius 3 is 2.41 bits per heavy atom. The summed E-state index contributed by atoms with van der Waals surface area (Å²) in [6.45, 7) is 4.12. The largest absolute Gasteiger partial charge is 0.479 e. The van der Waals surface area contributed by atoms with E-state index in [2.05, 4.69) is 53.8 Å². The van der Waals surface area contributed by atoms with E-state index in [4.69, 9.17) is 21.1 Å². The normalized spacial score (nSPS) is 12.9. The number of aromatic nitrogens is 9. The van der Waals surface area contributed by atoms with E-state index >= 15 is 0 Å². The van der Waals surface area contributed by atoms with Crippen molar-refractivity contribution in [2.45, 2.75) is 25.0 Å². The molecule has 0 bridgehead atoms. The second-order valence-electron chi connectivity index (χ2n) is 7.99. The van der Waals surface area contributed by atoms with E-state index in [1.807, 2.05) is 24.4 Å². The summed E-state index contributed by atoms with van der Waals surface area (Å²) in [5.41, 5.74) is 2.06. The molecule has 14 heteroatoms. The van der Waals surface area contributed by atoms with Crippen LogP contribution in [0.25, 0.3) is 22.6 Å². The van der Waals surface area contributed by atoms with Crippen molar-refractivity contribution >= 4 is 35.0 Å². The van der Waals surface area contributed by atoms with Crippen LogP contribution in [0.3, 0.4) is 0 Å². The number of pyridine rings is 1. The van der Waals surface area contributed by atoms with Crippen LogP contribution >= 0.6 is 23.5 Å². The van der Waals surface area contributed by atoms with Crippen LogP contribution in [-0.2, 0) is 0 Å². The van der Waals surface area contributed by atoms with Gasteiger partial charge in [0.2, 0.25) is 17.7 Å². The molecule has 0 amide bonds. The minimum absolute atomic E-state index is 0.0226.